The number of nitrogens with zero attached hydrogens (tertiary/aromatic N) is 3. The maximum Gasteiger partial charge on any atom is 0.225 e. The molecule has 1 heterocycles. The molecule has 1 rings (SSSR count). The van der Waals surface area contributed by atoms with E-state index in [9.17, 15) is 0 Å². The van der Waals surface area contributed by atoms with Crippen LogP contribution in [0.1, 0.15) is 32.5 Å². The molecule has 86 valence electrons. The molecule has 0 aliphatic rings. The molecule has 0 aliphatic heterocycles. The topological polar surface area (TPSA) is 39.9 Å². The standard InChI is InChI=1S/C10H18ClN3O/c1-8(2)15-7-5-4-6-14-9(3)12-13-10(14)11/h8H,4-7H2,1-3H3. The van der Waals surface area contributed by atoms with Crippen LogP contribution in [0.15, 0.2) is 0 Å². The van der Waals surface area contributed by atoms with Gasteiger partial charge in [0.05, 0.1) is 6.10 Å². The van der Waals surface area contributed by atoms with Crippen molar-refractivity contribution in [1.82, 2.24) is 14.8 Å². The van der Waals surface area contributed by atoms with Gasteiger partial charge in [0.1, 0.15) is 5.82 Å². The molecular formula is C10H18ClN3O. The third-order valence-electron chi connectivity index (χ3n) is 2.12. The first-order valence-corrected chi connectivity index (χ1v) is 5.66. The summed E-state index contributed by atoms with van der Waals surface area (Å²) < 4.78 is 7.36. The smallest absolute Gasteiger partial charge is 0.225 e. The summed E-state index contributed by atoms with van der Waals surface area (Å²) in [6.45, 7) is 7.65. The summed E-state index contributed by atoms with van der Waals surface area (Å²) in [6.07, 6.45) is 2.38. The number of ether oxygens (including phenoxy) is 1. The molecule has 0 aromatic carbocycles. The minimum atomic E-state index is 0.310. The zero-order valence-corrected chi connectivity index (χ0v) is 10.3. The quantitative estimate of drug-likeness (QED) is 0.706. The molecular weight excluding hydrogens is 214 g/mol. The molecule has 0 atom stereocenters. The van der Waals surface area contributed by atoms with Crippen molar-refractivity contribution in [3.63, 3.8) is 0 Å². The summed E-state index contributed by atoms with van der Waals surface area (Å²) in [5.41, 5.74) is 0. The van der Waals surface area contributed by atoms with Gasteiger partial charge in [0.15, 0.2) is 0 Å². The molecule has 4 nitrogen and oxygen atoms in total. The van der Waals surface area contributed by atoms with Crippen molar-refractivity contribution in [2.75, 3.05) is 6.61 Å². The van der Waals surface area contributed by atoms with E-state index in [1.165, 1.54) is 0 Å². The van der Waals surface area contributed by atoms with Crippen LogP contribution in [-0.4, -0.2) is 27.5 Å². The molecule has 0 saturated heterocycles. The van der Waals surface area contributed by atoms with E-state index in [2.05, 4.69) is 10.2 Å². The normalized spacial score (nSPS) is 11.3. The molecule has 0 fully saturated rings. The van der Waals surface area contributed by atoms with Crippen molar-refractivity contribution < 1.29 is 4.74 Å². The summed E-state index contributed by atoms with van der Waals surface area (Å²) >= 11 is 5.87. The van der Waals surface area contributed by atoms with Crippen LogP contribution < -0.4 is 0 Å². The predicted octanol–water partition coefficient (Wildman–Crippen LogP) is 2.45. The van der Waals surface area contributed by atoms with Gasteiger partial charge in [-0.3, -0.25) is 0 Å². The van der Waals surface area contributed by atoms with Crippen molar-refractivity contribution >= 4 is 11.6 Å². The van der Waals surface area contributed by atoms with E-state index in [4.69, 9.17) is 16.3 Å². The fraction of sp³-hybridized carbons (Fsp3) is 0.800. The number of unbranched alkanes of at least 4 members (excludes halogenated alkanes) is 1. The Hall–Kier alpha value is -0.610. The van der Waals surface area contributed by atoms with E-state index in [0.717, 1.165) is 31.8 Å². The maximum atomic E-state index is 5.87. The fourth-order valence-electron chi connectivity index (χ4n) is 1.30. The summed E-state index contributed by atoms with van der Waals surface area (Å²) in [5, 5.41) is 8.15. The van der Waals surface area contributed by atoms with Gasteiger partial charge in [0.25, 0.3) is 0 Å². The van der Waals surface area contributed by atoms with Crippen LogP contribution in [0.2, 0.25) is 5.28 Å². The van der Waals surface area contributed by atoms with Crippen LogP contribution in [0.3, 0.4) is 0 Å². The SMILES string of the molecule is Cc1nnc(Cl)n1CCCCOC(C)C. The lowest BCUT2D eigenvalue weighted by atomic mass is 10.3. The number of aryl methyl sites for hydroxylation is 1. The highest BCUT2D eigenvalue weighted by Gasteiger charge is 2.04. The van der Waals surface area contributed by atoms with Crippen LogP contribution in [0.4, 0.5) is 0 Å². The Labute approximate surface area is 95.6 Å². The molecule has 15 heavy (non-hydrogen) atoms. The van der Waals surface area contributed by atoms with E-state index in [1.54, 1.807) is 0 Å². The zero-order valence-electron chi connectivity index (χ0n) is 9.53. The van der Waals surface area contributed by atoms with E-state index < -0.39 is 0 Å². The average Bonchev–Trinajstić information content (AvgIpc) is 2.47. The minimum Gasteiger partial charge on any atom is -0.379 e. The Balaban J connectivity index is 2.20. The number of aromatic nitrogens is 3. The molecule has 0 unspecified atom stereocenters. The molecule has 1 aromatic heterocycles. The molecule has 0 amide bonds. The van der Waals surface area contributed by atoms with Gasteiger partial charge in [-0.05, 0) is 45.2 Å². The van der Waals surface area contributed by atoms with Crippen molar-refractivity contribution in [1.29, 1.82) is 0 Å². The van der Waals surface area contributed by atoms with Gasteiger partial charge < -0.3 is 9.30 Å². The van der Waals surface area contributed by atoms with Crippen LogP contribution >= 0.6 is 11.6 Å². The monoisotopic (exact) mass is 231 g/mol. The third-order valence-corrected chi connectivity index (χ3v) is 2.40. The Bertz CT molecular complexity index is 279. The van der Waals surface area contributed by atoms with Gasteiger partial charge in [-0.2, -0.15) is 0 Å². The number of rotatable bonds is 6. The summed E-state index contributed by atoms with van der Waals surface area (Å²) in [7, 11) is 0. The number of halogens is 1. The van der Waals surface area contributed by atoms with Gasteiger partial charge >= 0.3 is 0 Å². The van der Waals surface area contributed by atoms with Crippen molar-refractivity contribution in [3.05, 3.63) is 11.1 Å². The fourth-order valence-corrected chi connectivity index (χ4v) is 1.54. The van der Waals surface area contributed by atoms with Crippen LogP contribution in [-0.2, 0) is 11.3 Å². The molecule has 0 N–H and O–H groups in total. The van der Waals surface area contributed by atoms with E-state index >= 15 is 0 Å². The molecule has 0 bridgehead atoms. The number of hydrogen-bond donors (Lipinski definition) is 0. The average molecular weight is 232 g/mol. The van der Waals surface area contributed by atoms with Gasteiger partial charge in [0.2, 0.25) is 5.28 Å². The lowest BCUT2D eigenvalue weighted by Crippen LogP contribution is -2.06. The molecule has 0 spiro atoms. The highest BCUT2D eigenvalue weighted by molar-refractivity contribution is 6.28. The highest BCUT2D eigenvalue weighted by atomic mass is 35.5. The van der Waals surface area contributed by atoms with Gasteiger partial charge in [-0.25, -0.2) is 0 Å². The second-order valence-corrected chi connectivity index (χ2v) is 4.13. The Morgan fingerprint density at radius 2 is 2.07 bits per heavy atom. The Morgan fingerprint density at radius 3 is 2.60 bits per heavy atom. The van der Waals surface area contributed by atoms with Crippen LogP contribution in [0.25, 0.3) is 0 Å². The van der Waals surface area contributed by atoms with Gasteiger partial charge in [0, 0.05) is 13.2 Å². The Kier molecular flexibility index (Phi) is 5.05. The van der Waals surface area contributed by atoms with Gasteiger partial charge in [-0.1, -0.05) is 0 Å². The van der Waals surface area contributed by atoms with Crippen molar-refractivity contribution in [3.8, 4) is 0 Å². The van der Waals surface area contributed by atoms with Crippen LogP contribution in [0, 0.1) is 6.92 Å². The number of hydrogen-bond acceptors (Lipinski definition) is 3. The lowest BCUT2D eigenvalue weighted by Gasteiger charge is -2.08. The van der Waals surface area contributed by atoms with Gasteiger partial charge in [-0.15, -0.1) is 10.2 Å². The second-order valence-electron chi connectivity index (χ2n) is 3.79. The molecule has 1 aromatic rings. The first kappa shape index (κ1) is 12.5. The predicted molar refractivity (Wildman–Crippen MR) is 60.1 cm³/mol. The second kappa shape index (κ2) is 6.08. The van der Waals surface area contributed by atoms with Crippen LogP contribution in [0.5, 0.6) is 0 Å². The maximum absolute atomic E-state index is 5.87. The highest BCUT2D eigenvalue weighted by Crippen LogP contribution is 2.09. The first-order chi connectivity index (χ1) is 7.11. The largest absolute Gasteiger partial charge is 0.379 e. The Morgan fingerprint density at radius 1 is 1.33 bits per heavy atom. The minimum absolute atomic E-state index is 0.310. The molecule has 0 radical (unpaired) electrons. The zero-order chi connectivity index (χ0) is 11.3. The lowest BCUT2D eigenvalue weighted by molar-refractivity contribution is 0.0754. The van der Waals surface area contributed by atoms with E-state index in [1.807, 2.05) is 25.3 Å². The van der Waals surface area contributed by atoms with E-state index in [-0.39, 0.29) is 0 Å². The van der Waals surface area contributed by atoms with Crippen molar-refractivity contribution in [2.24, 2.45) is 0 Å². The molecule has 5 heteroatoms. The molecule has 0 saturated carbocycles. The summed E-state index contributed by atoms with van der Waals surface area (Å²) in [4.78, 5) is 0. The summed E-state index contributed by atoms with van der Waals surface area (Å²) in [6, 6.07) is 0. The first-order valence-electron chi connectivity index (χ1n) is 5.28. The summed E-state index contributed by atoms with van der Waals surface area (Å²) in [5.74, 6) is 0.866. The van der Waals surface area contributed by atoms with E-state index in [0.29, 0.717) is 11.4 Å². The molecule has 0 aliphatic carbocycles. The third kappa shape index (κ3) is 4.18. The van der Waals surface area contributed by atoms with Crippen molar-refractivity contribution in [2.45, 2.75) is 46.3 Å².